The second-order valence-corrected chi connectivity index (χ2v) is 5.96. The topological polar surface area (TPSA) is 75.9 Å². The molecule has 0 saturated heterocycles. The molecule has 0 atom stereocenters. The third-order valence-electron chi connectivity index (χ3n) is 3.61. The zero-order valence-corrected chi connectivity index (χ0v) is 11.9. The summed E-state index contributed by atoms with van der Waals surface area (Å²) in [5.41, 5.74) is 5.57. The number of hydrogen-bond donors (Lipinski definition) is 3. The lowest BCUT2D eigenvalue weighted by atomic mass is 10.0. The first kappa shape index (κ1) is 14.1. The number of nitrogens with zero attached hydrogens (tertiary/aromatic N) is 2. The second-order valence-electron chi connectivity index (χ2n) is 5.96. The number of nitrogens with two attached hydrogens (primary N) is 1. The van der Waals surface area contributed by atoms with Gasteiger partial charge in [0.05, 0.1) is 0 Å². The minimum atomic E-state index is -0.0479. The van der Waals surface area contributed by atoms with Crippen molar-refractivity contribution < 1.29 is 0 Å². The summed E-state index contributed by atoms with van der Waals surface area (Å²) in [7, 11) is 0. The average molecular weight is 263 g/mol. The van der Waals surface area contributed by atoms with Gasteiger partial charge in [0.2, 0.25) is 0 Å². The first-order chi connectivity index (χ1) is 9.09. The van der Waals surface area contributed by atoms with E-state index < -0.39 is 0 Å². The maximum absolute atomic E-state index is 5.62. The lowest BCUT2D eigenvalue weighted by Gasteiger charge is -2.26. The summed E-state index contributed by atoms with van der Waals surface area (Å²) >= 11 is 0. The summed E-state index contributed by atoms with van der Waals surface area (Å²) < 4.78 is 0. The Bertz CT molecular complexity index is 399. The molecule has 0 aliphatic heterocycles. The van der Waals surface area contributed by atoms with Gasteiger partial charge in [0.1, 0.15) is 18.0 Å². The van der Waals surface area contributed by atoms with Gasteiger partial charge in [0, 0.05) is 17.6 Å². The fraction of sp³-hybridized carbons (Fsp3) is 0.714. The van der Waals surface area contributed by atoms with E-state index in [1.807, 2.05) is 6.07 Å². The summed E-state index contributed by atoms with van der Waals surface area (Å²) in [6.07, 6.45) is 7.63. The van der Waals surface area contributed by atoms with Crippen LogP contribution in [0.5, 0.6) is 0 Å². The summed E-state index contributed by atoms with van der Waals surface area (Å²) in [6, 6.07) is 2.55. The molecule has 2 rings (SSSR count). The molecular weight excluding hydrogens is 238 g/mol. The van der Waals surface area contributed by atoms with Crippen molar-refractivity contribution in [2.75, 3.05) is 17.2 Å². The van der Waals surface area contributed by atoms with E-state index in [2.05, 4.69) is 34.4 Å². The van der Waals surface area contributed by atoms with E-state index in [0.29, 0.717) is 12.6 Å². The van der Waals surface area contributed by atoms with Crippen LogP contribution in [0.2, 0.25) is 0 Å². The van der Waals surface area contributed by atoms with Crippen molar-refractivity contribution in [3.8, 4) is 0 Å². The van der Waals surface area contributed by atoms with Crippen LogP contribution in [0, 0.1) is 0 Å². The van der Waals surface area contributed by atoms with Gasteiger partial charge in [-0.1, -0.05) is 12.8 Å². The number of rotatable bonds is 6. The summed E-state index contributed by atoms with van der Waals surface area (Å²) in [6.45, 7) is 4.93. The van der Waals surface area contributed by atoms with Gasteiger partial charge in [-0.15, -0.1) is 0 Å². The zero-order valence-electron chi connectivity index (χ0n) is 11.9. The van der Waals surface area contributed by atoms with Crippen LogP contribution < -0.4 is 16.4 Å². The molecule has 1 fully saturated rings. The van der Waals surface area contributed by atoms with Crippen LogP contribution in [0.25, 0.3) is 0 Å². The Morgan fingerprint density at radius 1 is 1.26 bits per heavy atom. The van der Waals surface area contributed by atoms with Gasteiger partial charge < -0.3 is 16.4 Å². The highest BCUT2D eigenvalue weighted by molar-refractivity contribution is 5.48. The van der Waals surface area contributed by atoms with Crippen molar-refractivity contribution in [1.29, 1.82) is 0 Å². The third kappa shape index (κ3) is 4.35. The predicted octanol–water partition coefficient (Wildman–Crippen LogP) is 2.37. The lowest BCUT2D eigenvalue weighted by Crippen LogP contribution is -2.33. The van der Waals surface area contributed by atoms with E-state index in [1.165, 1.54) is 25.7 Å². The minimum absolute atomic E-state index is 0.0479. The van der Waals surface area contributed by atoms with Crippen molar-refractivity contribution in [3.05, 3.63) is 12.4 Å². The largest absolute Gasteiger partial charge is 0.367 e. The van der Waals surface area contributed by atoms with Gasteiger partial charge >= 0.3 is 0 Å². The lowest BCUT2D eigenvalue weighted by molar-refractivity contribution is 0.524. The highest BCUT2D eigenvalue weighted by Crippen LogP contribution is 2.23. The summed E-state index contributed by atoms with van der Waals surface area (Å²) in [5.74, 6) is 1.77. The van der Waals surface area contributed by atoms with Crippen LogP contribution in [0.15, 0.2) is 12.4 Å². The molecule has 5 heteroatoms. The molecule has 0 unspecified atom stereocenters. The Morgan fingerprint density at radius 3 is 2.63 bits per heavy atom. The molecule has 1 aromatic rings. The summed E-state index contributed by atoms with van der Waals surface area (Å²) in [4.78, 5) is 8.57. The zero-order chi connectivity index (χ0) is 13.7. The van der Waals surface area contributed by atoms with Crippen LogP contribution in [-0.4, -0.2) is 28.1 Å². The van der Waals surface area contributed by atoms with E-state index in [1.54, 1.807) is 6.33 Å². The first-order valence-corrected chi connectivity index (χ1v) is 7.16. The maximum atomic E-state index is 5.62. The number of aromatic nitrogens is 2. The molecule has 19 heavy (non-hydrogen) atoms. The molecule has 1 saturated carbocycles. The molecule has 106 valence electrons. The van der Waals surface area contributed by atoms with Crippen LogP contribution in [0.3, 0.4) is 0 Å². The monoisotopic (exact) mass is 263 g/mol. The number of anilines is 2. The van der Waals surface area contributed by atoms with Gasteiger partial charge in [-0.3, -0.25) is 0 Å². The maximum Gasteiger partial charge on any atom is 0.131 e. The fourth-order valence-electron chi connectivity index (χ4n) is 2.55. The van der Waals surface area contributed by atoms with Crippen molar-refractivity contribution in [3.63, 3.8) is 0 Å². The highest BCUT2D eigenvalue weighted by atomic mass is 15.1. The highest BCUT2D eigenvalue weighted by Gasteiger charge is 2.18. The predicted molar refractivity (Wildman–Crippen MR) is 79.3 cm³/mol. The molecular formula is C14H25N5. The van der Waals surface area contributed by atoms with E-state index in [-0.39, 0.29) is 5.54 Å². The first-order valence-electron chi connectivity index (χ1n) is 7.16. The molecule has 1 heterocycles. The van der Waals surface area contributed by atoms with Crippen molar-refractivity contribution in [2.45, 2.75) is 57.5 Å². The van der Waals surface area contributed by atoms with E-state index in [9.17, 15) is 0 Å². The van der Waals surface area contributed by atoms with Crippen LogP contribution >= 0.6 is 0 Å². The van der Waals surface area contributed by atoms with E-state index in [4.69, 9.17) is 5.73 Å². The molecule has 1 aliphatic carbocycles. The fourth-order valence-corrected chi connectivity index (χ4v) is 2.55. The Labute approximate surface area is 115 Å². The molecule has 0 radical (unpaired) electrons. The van der Waals surface area contributed by atoms with Crippen molar-refractivity contribution in [1.82, 2.24) is 9.97 Å². The third-order valence-corrected chi connectivity index (χ3v) is 3.61. The van der Waals surface area contributed by atoms with Gasteiger partial charge in [0.15, 0.2) is 0 Å². The molecule has 0 aromatic carbocycles. The number of hydrogen-bond acceptors (Lipinski definition) is 5. The molecule has 0 bridgehead atoms. The Kier molecular flexibility index (Phi) is 4.58. The SMILES string of the molecule is CC(C)(CCN)Nc1cc(NC2CCCC2)ncn1. The molecule has 5 nitrogen and oxygen atoms in total. The molecule has 4 N–H and O–H groups in total. The molecule has 1 aromatic heterocycles. The van der Waals surface area contributed by atoms with Gasteiger partial charge in [-0.2, -0.15) is 0 Å². The van der Waals surface area contributed by atoms with Gasteiger partial charge in [-0.25, -0.2) is 9.97 Å². The van der Waals surface area contributed by atoms with Crippen LogP contribution in [0.1, 0.15) is 46.0 Å². The van der Waals surface area contributed by atoms with Crippen molar-refractivity contribution >= 4 is 11.6 Å². The Balaban J connectivity index is 1.98. The van der Waals surface area contributed by atoms with Gasteiger partial charge in [-0.05, 0) is 39.7 Å². The number of nitrogens with one attached hydrogen (secondary N) is 2. The quantitative estimate of drug-likeness (QED) is 0.734. The average Bonchev–Trinajstić information content (AvgIpc) is 2.81. The van der Waals surface area contributed by atoms with E-state index in [0.717, 1.165) is 18.1 Å². The van der Waals surface area contributed by atoms with Gasteiger partial charge in [0.25, 0.3) is 0 Å². The normalized spacial score (nSPS) is 16.6. The van der Waals surface area contributed by atoms with Crippen LogP contribution in [0.4, 0.5) is 11.6 Å². The molecule has 0 amide bonds. The molecule has 0 spiro atoms. The standard InChI is InChI=1S/C14H25N5/c1-14(2,7-8-15)19-13-9-12(16-10-17-13)18-11-5-3-4-6-11/h9-11H,3-8,15H2,1-2H3,(H2,16,17,18,19). The Morgan fingerprint density at radius 2 is 1.95 bits per heavy atom. The smallest absolute Gasteiger partial charge is 0.131 e. The molecule has 1 aliphatic rings. The van der Waals surface area contributed by atoms with Crippen molar-refractivity contribution in [2.24, 2.45) is 5.73 Å². The second kappa shape index (κ2) is 6.19. The minimum Gasteiger partial charge on any atom is -0.367 e. The summed E-state index contributed by atoms with van der Waals surface area (Å²) in [5, 5.41) is 6.90. The van der Waals surface area contributed by atoms with Crippen LogP contribution in [-0.2, 0) is 0 Å². The van der Waals surface area contributed by atoms with E-state index >= 15 is 0 Å². The Hall–Kier alpha value is -1.36.